The highest BCUT2D eigenvalue weighted by Gasteiger charge is 2.46. The molecule has 2 aromatic carbocycles. The average Bonchev–Trinajstić information content (AvgIpc) is 3.34. The fourth-order valence-electron chi connectivity index (χ4n) is 6.22. The fourth-order valence-corrected chi connectivity index (χ4v) is 6.22. The number of carbonyl (C=O) groups is 1. The van der Waals surface area contributed by atoms with Gasteiger partial charge in [0.2, 0.25) is 0 Å². The average molecular weight is 514 g/mol. The summed E-state index contributed by atoms with van der Waals surface area (Å²) in [5.41, 5.74) is 5.00. The number of hydrogen-bond donors (Lipinski definition) is 0. The Morgan fingerprint density at radius 2 is 2.00 bits per heavy atom. The van der Waals surface area contributed by atoms with E-state index in [2.05, 4.69) is 11.0 Å². The predicted molar refractivity (Wildman–Crippen MR) is 149 cm³/mol. The lowest BCUT2D eigenvalue weighted by atomic mass is 9.59. The standard InChI is InChI=1S/C32H37N3O3/c1-21-16-32(17-21)12-14-34(27(18-32)24-9-7-23(19-33)8-10-24)20-26-25-11-13-35(30(36)38-31(3,4)5)29(25)22(2)15-28(26)37-6/h7-11,13,15,27H,1,12,14,16-18,20H2,2-6H3/t27-/m0/s1/i1D2. The highest BCUT2D eigenvalue weighted by molar-refractivity contribution is 5.95. The van der Waals surface area contributed by atoms with E-state index >= 15 is 0 Å². The van der Waals surface area contributed by atoms with Gasteiger partial charge in [-0.3, -0.25) is 9.47 Å². The molecule has 198 valence electrons. The van der Waals surface area contributed by atoms with Crippen LogP contribution < -0.4 is 4.74 Å². The van der Waals surface area contributed by atoms with Crippen LogP contribution in [0.1, 0.15) is 77.5 Å². The van der Waals surface area contributed by atoms with Gasteiger partial charge in [-0.25, -0.2) is 4.79 Å². The number of rotatable bonds is 4. The van der Waals surface area contributed by atoms with E-state index in [1.807, 2.05) is 64.1 Å². The minimum absolute atomic E-state index is 0.0377. The molecule has 1 aromatic heterocycles. The third-order valence-electron chi connectivity index (χ3n) is 8.00. The summed E-state index contributed by atoms with van der Waals surface area (Å²) in [6.07, 6.45) is 4.91. The molecule has 1 saturated carbocycles. The van der Waals surface area contributed by atoms with Gasteiger partial charge in [0.25, 0.3) is 0 Å². The Morgan fingerprint density at radius 3 is 2.63 bits per heavy atom. The molecule has 1 aliphatic heterocycles. The van der Waals surface area contributed by atoms with Crippen LogP contribution in [0.25, 0.3) is 10.9 Å². The molecule has 0 N–H and O–H groups in total. The number of piperidine rings is 1. The highest BCUT2D eigenvalue weighted by Crippen LogP contribution is 2.56. The van der Waals surface area contributed by atoms with E-state index in [1.54, 1.807) is 17.9 Å². The predicted octanol–water partition coefficient (Wildman–Crippen LogP) is 7.29. The van der Waals surface area contributed by atoms with Crippen LogP contribution in [0.5, 0.6) is 5.75 Å². The zero-order valence-electron chi connectivity index (χ0n) is 24.9. The van der Waals surface area contributed by atoms with Gasteiger partial charge < -0.3 is 9.47 Å². The van der Waals surface area contributed by atoms with E-state index in [0.717, 1.165) is 71.1 Å². The number of hydrogen-bond acceptors (Lipinski definition) is 5. The molecule has 0 bridgehead atoms. The van der Waals surface area contributed by atoms with Crippen molar-refractivity contribution in [1.82, 2.24) is 9.47 Å². The fraction of sp³-hybridized carbons (Fsp3) is 0.438. The first-order valence-corrected chi connectivity index (χ1v) is 13.2. The summed E-state index contributed by atoms with van der Waals surface area (Å²) in [5, 5.41) is 10.3. The topological polar surface area (TPSA) is 67.5 Å². The molecule has 2 heterocycles. The van der Waals surface area contributed by atoms with Crippen LogP contribution in [-0.2, 0) is 11.3 Å². The summed E-state index contributed by atoms with van der Waals surface area (Å²) in [5.74, 6) is 0.785. The summed E-state index contributed by atoms with van der Waals surface area (Å²) >= 11 is 0. The second kappa shape index (κ2) is 9.63. The molecular weight excluding hydrogens is 474 g/mol. The van der Waals surface area contributed by atoms with Gasteiger partial charge in [-0.05, 0) is 101 Å². The molecule has 3 aromatic rings. The molecule has 38 heavy (non-hydrogen) atoms. The number of aryl methyl sites for hydroxylation is 1. The SMILES string of the molecule is [2H]C([2H])=C1CC2(CCN(Cc3c(OC)cc(C)c4c3ccn4C(=O)OC(C)(C)C)[C@H](c3ccc(C#N)cc3)C2)C1. The van der Waals surface area contributed by atoms with Crippen molar-refractivity contribution in [2.24, 2.45) is 5.41 Å². The molecule has 5 rings (SSSR count). The van der Waals surface area contributed by atoms with E-state index in [0.29, 0.717) is 12.1 Å². The minimum atomic E-state index is -0.605. The number of nitrogens with zero attached hydrogens (tertiary/aromatic N) is 3. The van der Waals surface area contributed by atoms with Crippen LogP contribution in [0.4, 0.5) is 4.79 Å². The van der Waals surface area contributed by atoms with Gasteiger partial charge in [0, 0.05) is 29.7 Å². The molecule has 6 heteroatoms. The van der Waals surface area contributed by atoms with Crippen molar-refractivity contribution in [2.75, 3.05) is 13.7 Å². The Hall–Kier alpha value is -3.56. The van der Waals surface area contributed by atoms with Crippen molar-refractivity contribution in [3.05, 3.63) is 77.0 Å². The van der Waals surface area contributed by atoms with Crippen molar-refractivity contribution < 1.29 is 17.0 Å². The van der Waals surface area contributed by atoms with Gasteiger partial charge in [0.15, 0.2) is 0 Å². The molecule has 0 amide bonds. The zero-order chi connectivity index (χ0) is 28.8. The first kappa shape index (κ1) is 23.5. The molecule has 6 nitrogen and oxygen atoms in total. The molecule has 0 unspecified atom stereocenters. The lowest BCUT2D eigenvalue weighted by Gasteiger charge is -2.53. The van der Waals surface area contributed by atoms with Gasteiger partial charge in [-0.1, -0.05) is 24.2 Å². The summed E-state index contributed by atoms with van der Waals surface area (Å²) in [6.45, 7) is 9.01. The Balaban J connectivity index is 1.53. The van der Waals surface area contributed by atoms with Crippen LogP contribution >= 0.6 is 0 Å². The van der Waals surface area contributed by atoms with Crippen LogP contribution in [0.2, 0.25) is 0 Å². The van der Waals surface area contributed by atoms with Gasteiger partial charge >= 0.3 is 6.09 Å². The number of allylic oxidation sites excluding steroid dienone is 1. The maximum absolute atomic E-state index is 13.1. The molecular formula is C32H37N3O3. The Labute approximate surface area is 228 Å². The summed E-state index contributed by atoms with van der Waals surface area (Å²) < 4.78 is 28.7. The first-order valence-electron chi connectivity index (χ1n) is 14.2. The number of carbonyl (C=O) groups excluding carboxylic acids is 1. The maximum atomic E-state index is 13.1. The summed E-state index contributed by atoms with van der Waals surface area (Å²) in [7, 11) is 1.68. The smallest absolute Gasteiger partial charge is 0.419 e. The summed E-state index contributed by atoms with van der Waals surface area (Å²) in [6, 6.07) is 14.1. The van der Waals surface area contributed by atoms with E-state index in [1.165, 1.54) is 0 Å². The lowest BCUT2D eigenvalue weighted by Crippen LogP contribution is -2.45. The monoisotopic (exact) mass is 513 g/mol. The number of likely N-dealkylation sites (tertiary alicyclic amines) is 1. The molecule has 2 aliphatic rings. The van der Waals surface area contributed by atoms with Crippen molar-refractivity contribution >= 4 is 17.0 Å². The highest BCUT2D eigenvalue weighted by atomic mass is 16.6. The van der Waals surface area contributed by atoms with Gasteiger partial charge in [-0.2, -0.15) is 5.26 Å². The molecule has 1 atom stereocenters. The van der Waals surface area contributed by atoms with Gasteiger partial charge in [-0.15, -0.1) is 0 Å². The quantitative estimate of drug-likeness (QED) is 0.343. The van der Waals surface area contributed by atoms with E-state index in [4.69, 9.17) is 12.2 Å². The second-order valence-electron chi connectivity index (χ2n) is 11.9. The largest absolute Gasteiger partial charge is 0.496 e. The molecule has 1 spiro atoms. The van der Waals surface area contributed by atoms with Crippen LogP contribution in [-0.4, -0.2) is 34.8 Å². The van der Waals surface area contributed by atoms with Crippen molar-refractivity contribution in [1.29, 1.82) is 5.26 Å². The van der Waals surface area contributed by atoms with E-state index in [9.17, 15) is 10.1 Å². The Bertz CT molecular complexity index is 1510. The number of ether oxygens (including phenoxy) is 2. The Morgan fingerprint density at radius 1 is 1.26 bits per heavy atom. The van der Waals surface area contributed by atoms with Crippen molar-refractivity contribution in [3.8, 4) is 11.8 Å². The minimum Gasteiger partial charge on any atom is -0.496 e. The van der Waals surface area contributed by atoms with Gasteiger partial charge in [0.1, 0.15) is 11.4 Å². The van der Waals surface area contributed by atoms with Crippen LogP contribution in [0.15, 0.2) is 54.7 Å². The molecule has 1 saturated heterocycles. The van der Waals surface area contributed by atoms with Crippen molar-refractivity contribution in [2.45, 2.75) is 71.6 Å². The van der Waals surface area contributed by atoms with Crippen molar-refractivity contribution in [3.63, 3.8) is 0 Å². The third kappa shape index (κ3) is 4.83. The molecule has 1 aliphatic carbocycles. The number of methoxy groups -OCH3 is 1. The maximum Gasteiger partial charge on any atom is 0.419 e. The normalized spacial score (nSPS) is 19.9. The second-order valence-corrected chi connectivity index (χ2v) is 11.9. The van der Waals surface area contributed by atoms with Gasteiger partial charge in [0.05, 0.1) is 27.0 Å². The first-order chi connectivity index (χ1) is 18.9. The number of fused-ring (bicyclic) bond motifs is 1. The molecule has 0 radical (unpaired) electrons. The third-order valence-corrected chi connectivity index (χ3v) is 8.00. The zero-order valence-corrected chi connectivity index (χ0v) is 22.9. The Kier molecular flexibility index (Phi) is 5.97. The number of nitriles is 1. The number of benzene rings is 2. The van der Waals surface area contributed by atoms with E-state index < -0.39 is 11.7 Å². The summed E-state index contributed by atoms with van der Waals surface area (Å²) in [4.78, 5) is 15.5. The number of aromatic nitrogens is 1. The van der Waals surface area contributed by atoms with Crippen LogP contribution in [0, 0.1) is 23.7 Å². The molecule has 2 fully saturated rings. The van der Waals surface area contributed by atoms with Crippen LogP contribution in [0.3, 0.4) is 0 Å². The van der Waals surface area contributed by atoms with E-state index in [-0.39, 0.29) is 18.0 Å². The lowest BCUT2D eigenvalue weighted by molar-refractivity contribution is 0.0174.